The van der Waals surface area contributed by atoms with E-state index in [0.29, 0.717) is 50.3 Å². The van der Waals surface area contributed by atoms with Gasteiger partial charge in [0.2, 0.25) is 0 Å². The van der Waals surface area contributed by atoms with Crippen LogP contribution in [0.5, 0.6) is 17.5 Å². The summed E-state index contributed by atoms with van der Waals surface area (Å²) in [5.74, 6) is 0.838. The number of hydrogen-bond donors (Lipinski definition) is 2. The molecule has 2 aromatic carbocycles. The average Bonchev–Trinajstić information content (AvgIpc) is 3.57. The van der Waals surface area contributed by atoms with Crippen molar-refractivity contribution in [2.24, 2.45) is 5.41 Å². The van der Waals surface area contributed by atoms with E-state index in [2.05, 4.69) is 26.1 Å². The molecule has 0 amide bonds. The number of rotatable bonds is 8. The highest BCUT2D eigenvalue weighted by Crippen LogP contribution is 2.48. The molecular weight excluding hydrogens is 647 g/mol. The maximum atomic E-state index is 15.0. The standard InChI is InChI=1S/C35H33F5N6O3/c1-2-24-27(37)6-3-19-11-23(47)12-25(28(19)24)26-13-41-30-29(31(26)49-35(38,39)40)43-33(44-32(30)46-15-21-4-5-22(16-46)42-21)48-18-34(8-9-34)17-45-10-7-20(36)14-45/h1,3,6,11-13,20-22,42,47H,4-5,7-10,14-18H2/t20-,21?,22?/m1/s1. The number of halogens is 5. The number of nitrogens with one attached hydrogen (secondary N) is 1. The van der Waals surface area contributed by atoms with E-state index in [9.17, 15) is 27.1 Å². The van der Waals surface area contributed by atoms with Gasteiger partial charge in [0, 0.05) is 67.4 Å². The number of phenolic OH excluding ortho intramolecular Hbond substituents is 1. The van der Waals surface area contributed by atoms with Crippen molar-refractivity contribution in [2.45, 2.75) is 56.7 Å². The van der Waals surface area contributed by atoms with E-state index in [1.54, 1.807) is 0 Å². The summed E-state index contributed by atoms with van der Waals surface area (Å²) in [7, 11) is 0. The summed E-state index contributed by atoms with van der Waals surface area (Å²) in [6.07, 6.45) is 4.92. The van der Waals surface area contributed by atoms with Gasteiger partial charge in [-0.3, -0.25) is 4.90 Å². The molecule has 2 aromatic heterocycles. The third kappa shape index (κ3) is 6.14. The fourth-order valence-corrected chi connectivity index (χ4v) is 7.61. The van der Waals surface area contributed by atoms with Crippen molar-refractivity contribution < 1.29 is 36.5 Å². The van der Waals surface area contributed by atoms with Crippen LogP contribution in [0, 0.1) is 23.6 Å². The molecule has 2 unspecified atom stereocenters. The van der Waals surface area contributed by atoms with Crippen molar-refractivity contribution >= 4 is 27.6 Å². The van der Waals surface area contributed by atoms with Gasteiger partial charge in [0.1, 0.15) is 28.8 Å². The quantitative estimate of drug-likeness (QED) is 0.179. The highest BCUT2D eigenvalue weighted by molar-refractivity contribution is 6.05. The fourth-order valence-electron chi connectivity index (χ4n) is 7.61. The third-order valence-electron chi connectivity index (χ3n) is 10.1. The maximum Gasteiger partial charge on any atom is 0.573 e. The smallest absolute Gasteiger partial charge is 0.508 e. The third-order valence-corrected chi connectivity index (χ3v) is 10.1. The van der Waals surface area contributed by atoms with E-state index in [0.717, 1.165) is 31.7 Å². The Morgan fingerprint density at radius 1 is 1.04 bits per heavy atom. The number of ether oxygens (including phenoxy) is 2. The topological polar surface area (TPSA) is 95.9 Å². The molecule has 3 aliphatic heterocycles. The van der Waals surface area contributed by atoms with Crippen LogP contribution in [0.4, 0.5) is 27.8 Å². The summed E-state index contributed by atoms with van der Waals surface area (Å²) in [4.78, 5) is 17.8. The number of nitrogens with zero attached hydrogens (tertiary/aromatic N) is 5. The van der Waals surface area contributed by atoms with Crippen LogP contribution in [0.2, 0.25) is 0 Å². The zero-order valence-electron chi connectivity index (χ0n) is 26.4. The van der Waals surface area contributed by atoms with Gasteiger partial charge < -0.3 is 24.8 Å². The number of aromatic hydroxyl groups is 1. The predicted molar refractivity (Wildman–Crippen MR) is 172 cm³/mol. The van der Waals surface area contributed by atoms with Gasteiger partial charge in [0.15, 0.2) is 11.6 Å². The minimum Gasteiger partial charge on any atom is -0.508 e. The second-order valence-electron chi connectivity index (χ2n) is 13.7. The molecule has 4 aliphatic rings. The molecule has 2 N–H and O–H groups in total. The molecule has 5 heterocycles. The molecule has 0 spiro atoms. The lowest BCUT2D eigenvalue weighted by atomic mass is 9.94. The number of benzene rings is 2. The Balaban J connectivity index is 1.29. The number of aromatic nitrogens is 3. The summed E-state index contributed by atoms with van der Waals surface area (Å²) >= 11 is 0. The van der Waals surface area contributed by atoms with Gasteiger partial charge in [0.25, 0.3) is 0 Å². The van der Waals surface area contributed by atoms with Crippen molar-refractivity contribution in [1.82, 2.24) is 25.2 Å². The summed E-state index contributed by atoms with van der Waals surface area (Å²) in [6, 6.07) is 5.23. The van der Waals surface area contributed by atoms with Crippen LogP contribution in [-0.4, -0.2) is 88.9 Å². The molecule has 1 aliphatic carbocycles. The number of likely N-dealkylation sites (tertiary alicyclic amines) is 1. The zero-order chi connectivity index (χ0) is 34.1. The predicted octanol–water partition coefficient (Wildman–Crippen LogP) is 5.71. The highest BCUT2D eigenvalue weighted by atomic mass is 19.4. The number of hydrogen-bond acceptors (Lipinski definition) is 9. The molecule has 1 saturated carbocycles. The molecule has 4 fully saturated rings. The molecule has 14 heteroatoms. The molecule has 3 saturated heterocycles. The van der Waals surface area contributed by atoms with Crippen molar-refractivity contribution in [1.29, 1.82) is 0 Å². The van der Waals surface area contributed by atoms with E-state index in [1.807, 2.05) is 4.90 Å². The summed E-state index contributed by atoms with van der Waals surface area (Å²) in [6.45, 7) is 2.96. The Kier molecular flexibility index (Phi) is 7.68. The van der Waals surface area contributed by atoms with Crippen molar-refractivity contribution in [3.63, 3.8) is 0 Å². The molecule has 3 atom stereocenters. The molecule has 9 nitrogen and oxygen atoms in total. The average molecular weight is 681 g/mol. The second kappa shape index (κ2) is 11.8. The zero-order valence-corrected chi connectivity index (χ0v) is 26.4. The lowest BCUT2D eigenvalue weighted by molar-refractivity contribution is -0.273. The molecule has 8 rings (SSSR count). The molecule has 4 aromatic rings. The van der Waals surface area contributed by atoms with E-state index in [-0.39, 0.29) is 69.0 Å². The van der Waals surface area contributed by atoms with Crippen molar-refractivity contribution in [3.05, 3.63) is 41.8 Å². The Morgan fingerprint density at radius 2 is 1.82 bits per heavy atom. The first-order chi connectivity index (χ1) is 23.5. The molecule has 49 heavy (non-hydrogen) atoms. The van der Waals surface area contributed by atoms with Crippen molar-refractivity contribution in [2.75, 3.05) is 44.2 Å². The normalized spacial score (nSPS) is 23.3. The van der Waals surface area contributed by atoms with Gasteiger partial charge in [-0.25, -0.2) is 13.8 Å². The number of fused-ring (bicyclic) bond motifs is 4. The molecule has 256 valence electrons. The molecular formula is C35H33F5N6O3. The van der Waals surface area contributed by atoms with Gasteiger partial charge >= 0.3 is 12.4 Å². The van der Waals surface area contributed by atoms with Crippen molar-refractivity contribution in [3.8, 4) is 41.0 Å². The van der Waals surface area contributed by atoms with E-state index < -0.39 is 24.1 Å². The second-order valence-corrected chi connectivity index (χ2v) is 13.7. The minimum atomic E-state index is -5.17. The lowest BCUT2D eigenvalue weighted by Crippen LogP contribution is -2.51. The van der Waals surface area contributed by atoms with E-state index >= 15 is 0 Å². The largest absolute Gasteiger partial charge is 0.573 e. The number of anilines is 1. The van der Waals surface area contributed by atoms with Crippen LogP contribution in [0.3, 0.4) is 0 Å². The Labute approximate surface area is 278 Å². The number of piperazine rings is 1. The number of phenols is 1. The van der Waals surface area contributed by atoms with Crippen LogP contribution in [0.15, 0.2) is 30.5 Å². The summed E-state index contributed by atoms with van der Waals surface area (Å²) < 4.78 is 82.5. The summed E-state index contributed by atoms with van der Waals surface area (Å²) in [5, 5.41) is 14.6. The summed E-state index contributed by atoms with van der Waals surface area (Å²) in [5.41, 5.74) is -0.860. The van der Waals surface area contributed by atoms with Crippen LogP contribution in [-0.2, 0) is 0 Å². The molecule has 2 bridgehead atoms. The number of alkyl halides is 4. The number of pyridine rings is 1. The monoisotopic (exact) mass is 680 g/mol. The fraction of sp³-hybridized carbons (Fsp3) is 0.457. The van der Waals surface area contributed by atoms with Gasteiger partial charge in [-0.1, -0.05) is 12.0 Å². The Morgan fingerprint density at radius 3 is 2.49 bits per heavy atom. The lowest BCUT2D eigenvalue weighted by Gasteiger charge is -2.34. The van der Waals surface area contributed by atoms with Crippen LogP contribution in [0.1, 0.15) is 37.7 Å². The number of terminal acetylenes is 1. The van der Waals surface area contributed by atoms with Gasteiger partial charge in [-0.05, 0) is 61.3 Å². The molecule has 0 radical (unpaired) electrons. The maximum absolute atomic E-state index is 15.0. The van der Waals surface area contributed by atoms with Crippen LogP contribution < -0.4 is 19.7 Å². The SMILES string of the molecule is C#Cc1c(F)ccc2cc(O)cc(-c3cnc4c(N5CC6CCC(C5)N6)nc(OCC5(CN6CC[C@@H](F)C6)CC5)nc4c3OC(F)(F)F)c12. The Hall–Kier alpha value is -4.48. The first-order valence-corrected chi connectivity index (χ1v) is 16.4. The van der Waals surface area contributed by atoms with Gasteiger partial charge in [-0.15, -0.1) is 19.6 Å². The Bertz CT molecular complexity index is 1990. The first-order valence-electron chi connectivity index (χ1n) is 16.4. The van der Waals surface area contributed by atoms with E-state index in [4.69, 9.17) is 20.9 Å². The van der Waals surface area contributed by atoms with Gasteiger partial charge in [0.05, 0.1) is 12.2 Å². The van der Waals surface area contributed by atoms with Crippen LogP contribution in [0.25, 0.3) is 32.9 Å². The van der Waals surface area contributed by atoms with Gasteiger partial charge in [-0.2, -0.15) is 9.97 Å². The van der Waals surface area contributed by atoms with E-state index in [1.165, 1.54) is 24.4 Å². The minimum absolute atomic E-state index is 0.0207. The highest BCUT2D eigenvalue weighted by Gasteiger charge is 2.46. The first kappa shape index (κ1) is 31.8. The van der Waals surface area contributed by atoms with Crippen LogP contribution >= 0.6 is 0 Å².